The van der Waals surface area contributed by atoms with Crippen molar-refractivity contribution in [1.29, 1.82) is 0 Å². The summed E-state index contributed by atoms with van der Waals surface area (Å²) >= 11 is 0. The van der Waals surface area contributed by atoms with E-state index in [9.17, 15) is 4.79 Å². The minimum Gasteiger partial charge on any atom is -0.395 e. The fourth-order valence-electron chi connectivity index (χ4n) is 2.02. The number of carbonyl (C=O) groups is 1. The summed E-state index contributed by atoms with van der Waals surface area (Å²) in [6.45, 7) is 8.63. The van der Waals surface area contributed by atoms with Gasteiger partial charge in [0.05, 0.1) is 6.61 Å². The van der Waals surface area contributed by atoms with Crippen LogP contribution in [0.15, 0.2) is 18.2 Å². The van der Waals surface area contributed by atoms with Crippen LogP contribution in [0.4, 0.5) is 10.5 Å². The van der Waals surface area contributed by atoms with E-state index in [4.69, 9.17) is 5.11 Å². The van der Waals surface area contributed by atoms with Crippen LogP contribution in [0.5, 0.6) is 0 Å². The molecule has 0 radical (unpaired) electrons. The molecule has 2 amide bonds. The Balaban J connectivity index is 3.04. The fraction of sp³-hybridized carbons (Fsp3) is 0.533. The number of aliphatic hydroxyl groups excluding tert-OH is 1. The number of para-hydroxylation sites is 1. The van der Waals surface area contributed by atoms with Gasteiger partial charge in [0.15, 0.2) is 0 Å². The molecule has 0 aromatic heterocycles. The van der Waals surface area contributed by atoms with E-state index < -0.39 is 0 Å². The average molecular weight is 264 g/mol. The third-order valence-electron chi connectivity index (χ3n) is 3.01. The molecule has 0 unspecified atom stereocenters. The van der Waals surface area contributed by atoms with Crippen LogP contribution >= 0.6 is 0 Å². The van der Waals surface area contributed by atoms with Crippen LogP contribution in [-0.2, 0) is 0 Å². The van der Waals surface area contributed by atoms with E-state index in [2.05, 4.69) is 38.3 Å². The molecule has 1 aromatic rings. The predicted octanol–water partition coefficient (Wildman–Crippen LogP) is 3.05. The second kappa shape index (κ2) is 7.14. The highest BCUT2D eigenvalue weighted by atomic mass is 16.3. The van der Waals surface area contributed by atoms with Gasteiger partial charge in [0, 0.05) is 12.2 Å². The zero-order valence-corrected chi connectivity index (χ0v) is 12.2. The maximum atomic E-state index is 11.8. The van der Waals surface area contributed by atoms with Gasteiger partial charge in [0.2, 0.25) is 0 Å². The minimum absolute atomic E-state index is 0.0592. The van der Waals surface area contributed by atoms with E-state index in [1.165, 1.54) is 0 Å². The van der Waals surface area contributed by atoms with Crippen molar-refractivity contribution in [2.24, 2.45) is 0 Å². The number of hydrogen-bond acceptors (Lipinski definition) is 2. The predicted molar refractivity (Wildman–Crippen MR) is 78.7 cm³/mol. The van der Waals surface area contributed by atoms with Gasteiger partial charge in [-0.1, -0.05) is 45.9 Å². The zero-order valence-electron chi connectivity index (χ0n) is 12.2. The van der Waals surface area contributed by atoms with Crippen molar-refractivity contribution in [3.05, 3.63) is 29.3 Å². The Morgan fingerprint density at radius 2 is 1.68 bits per heavy atom. The topological polar surface area (TPSA) is 61.4 Å². The van der Waals surface area contributed by atoms with Gasteiger partial charge in [0.1, 0.15) is 0 Å². The second-order valence-corrected chi connectivity index (χ2v) is 5.23. The molecule has 0 aliphatic rings. The van der Waals surface area contributed by atoms with Crippen molar-refractivity contribution in [2.45, 2.75) is 39.5 Å². The number of nitrogens with one attached hydrogen (secondary N) is 2. The summed E-state index contributed by atoms with van der Waals surface area (Å²) in [7, 11) is 0. The maximum Gasteiger partial charge on any atom is 0.319 e. The highest BCUT2D eigenvalue weighted by molar-refractivity contribution is 5.91. The maximum absolute atomic E-state index is 11.8. The number of urea groups is 1. The molecule has 0 bridgehead atoms. The zero-order chi connectivity index (χ0) is 14.4. The molecule has 0 saturated carbocycles. The third kappa shape index (κ3) is 4.24. The first-order valence-corrected chi connectivity index (χ1v) is 6.75. The van der Waals surface area contributed by atoms with E-state index in [1.807, 2.05) is 18.2 Å². The van der Waals surface area contributed by atoms with Crippen LogP contribution in [0.3, 0.4) is 0 Å². The van der Waals surface area contributed by atoms with Gasteiger partial charge >= 0.3 is 6.03 Å². The molecular weight excluding hydrogens is 240 g/mol. The lowest BCUT2D eigenvalue weighted by atomic mass is 9.93. The average Bonchev–Trinajstić information content (AvgIpc) is 2.35. The molecule has 3 N–H and O–H groups in total. The Morgan fingerprint density at radius 3 is 2.11 bits per heavy atom. The summed E-state index contributed by atoms with van der Waals surface area (Å²) in [5.74, 6) is 0.679. The number of anilines is 1. The van der Waals surface area contributed by atoms with Crippen molar-refractivity contribution in [3.63, 3.8) is 0 Å². The largest absolute Gasteiger partial charge is 0.395 e. The van der Waals surface area contributed by atoms with Gasteiger partial charge in [0.25, 0.3) is 0 Å². The lowest BCUT2D eigenvalue weighted by Gasteiger charge is -2.20. The van der Waals surface area contributed by atoms with E-state index in [0.717, 1.165) is 16.8 Å². The Kier molecular flexibility index (Phi) is 5.83. The van der Waals surface area contributed by atoms with E-state index in [0.29, 0.717) is 11.8 Å². The molecule has 0 saturated heterocycles. The standard InChI is InChI=1S/C15H24N2O2/c1-10(2)12-6-5-7-13(11(3)4)14(12)17-15(19)16-8-9-18/h5-7,10-11,18H,8-9H2,1-4H3,(H2,16,17,19). The first-order chi connectivity index (χ1) is 8.97. The van der Waals surface area contributed by atoms with Gasteiger partial charge < -0.3 is 15.7 Å². The number of hydrogen-bond donors (Lipinski definition) is 3. The molecule has 0 aliphatic heterocycles. The van der Waals surface area contributed by atoms with E-state index >= 15 is 0 Å². The van der Waals surface area contributed by atoms with Crippen molar-refractivity contribution < 1.29 is 9.90 Å². The normalized spacial score (nSPS) is 10.9. The number of benzene rings is 1. The lowest BCUT2D eigenvalue weighted by Crippen LogP contribution is -2.31. The molecular formula is C15H24N2O2. The number of carbonyl (C=O) groups excluding carboxylic acids is 1. The van der Waals surface area contributed by atoms with Crippen LogP contribution in [0.25, 0.3) is 0 Å². The molecule has 106 valence electrons. The van der Waals surface area contributed by atoms with Gasteiger partial charge in [-0.25, -0.2) is 4.79 Å². The summed E-state index contributed by atoms with van der Waals surface area (Å²) < 4.78 is 0. The Labute approximate surface area is 115 Å². The third-order valence-corrected chi connectivity index (χ3v) is 3.01. The van der Waals surface area contributed by atoms with Crippen molar-refractivity contribution in [1.82, 2.24) is 5.32 Å². The van der Waals surface area contributed by atoms with Gasteiger partial charge in [-0.3, -0.25) is 0 Å². The molecule has 0 spiro atoms. The Bertz CT molecular complexity index is 402. The monoisotopic (exact) mass is 264 g/mol. The molecule has 4 nitrogen and oxygen atoms in total. The molecule has 0 heterocycles. The quantitative estimate of drug-likeness (QED) is 0.765. The Morgan fingerprint density at radius 1 is 1.16 bits per heavy atom. The molecule has 1 rings (SSSR count). The highest BCUT2D eigenvalue weighted by Gasteiger charge is 2.15. The lowest BCUT2D eigenvalue weighted by molar-refractivity contribution is 0.244. The first kappa shape index (κ1) is 15.5. The summed E-state index contributed by atoms with van der Waals surface area (Å²) in [5, 5.41) is 14.3. The summed E-state index contributed by atoms with van der Waals surface area (Å²) in [6, 6.07) is 5.83. The van der Waals surface area contributed by atoms with Crippen LogP contribution in [-0.4, -0.2) is 24.3 Å². The first-order valence-electron chi connectivity index (χ1n) is 6.75. The molecule has 19 heavy (non-hydrogen) atoms. The second-order valence-electron chi connectivity index (χ2n) is 5.23. The van der Waals surface area contributed by atoms with Crippen molar-refractivity contribution in [3.8, 4) is 0 Å². The molecule has 1 aromatic carbocycles. The highest BCUT2D eigenvalue weighted by Crippen LogP contribution is 2.32. The van der Waals surface area contributed by atoms with Crippen LogP contribution in [0.1, 0.15) is 50.7 Å². The molecule has 0 atom stereocenters. The smallest absolute Gasteiger partial charge is 0.319 e. The van der Waals surface area contributed by atoms with Crippen molar-refractivity contribution in [2.75, 3.05) is 18.5 Å². The molecule has 4 heteroatoms. The number of aliphatic hydroxyl groups is 1. The molecule has 0 fully saturated rings. The number of rotatable bonds is 5. The minimum atomic E-state index is -0.274. The van der Waals surface area contributed by atoms with E-state index in [1.54, 1.807) is 0 Å². The van der Waals surface area contributed by atoms with Gasteiger partial charge in [-0.2, -0.15) is 0 Å². The van der Waals surface area contributed by atoms with Gasteiger partial charge in [-0.05, 0) is 23.0 Å². The van der Waals surface area contributed by atoms with E-state index in [-0.39, 0.29) is 19.2 Å². The Hall–Kier alpha value is -1.55. The molecule has 0 aliphatic carbocycles. The summed E-state index contributed by atoms with van der Waals surface area (Å²) in [5.41, 5.74) is 3.15. The SMILES string of the molecule is CC(C)c1cccc(C(C)C)c1NC(=O)NCCO. The van der Waals surface area contributed by atoms with Crippen LogP contribution in [0.2, 0.25) is 0 Å². The summed E-state index contributed by atoms with van der Waals surface area (Å²) in [6.07, 6.45) is 0. The fourth-order valence-corrected chi connectivity index (χ4v) is 2.02. The van der Waals surface area contributed by atoms with Crippen molar-refractivity contribution >= 4 is 11.7 Å². The van der Waals surface area contributed by atoms with Gasteiger partial charge in [-0.15, -0.1) is 0 Å². The number of amides is 2. The van der Waals surface area contributed by atoms with Crippen LogP contribution in [0, 0.1) is 0 Å². The van der Waals surface area contributed by atoms with Crippen LogP contribution < -0.4 is 10.6 Å². The summed E-state index contributed by atoms with van der Waals surface area (Å²) in [4.78, 5) is 11.8.